The smallest absolute Gasteiger partial charge is 0.0198 e. The summed E-state index contributed by atoms with van der Waals surface area (Å²) >= 11 is 0. The number of nitrogens with zero attached hydrogens (tertiary/aromatic N) is 1. The SMILES string of the molecule is C=CCN(CC1=CCC(C)CC1C)CC(C)C. The van der Waals surface area contributed by atoms with Gasteiger partial charge >= 0.3 is 0 Å². The fraction of sp³-hybridized carbons (Fsp3) is 0.750. The van der Waals surface area contributed by atoms with E-state index in [2.05, 4.69) is 45.2 Å². The quantitative estimate of drug-likeness (QED) is 0.626. The van der Waals surface area contributed by atoms with Crippen LogP contribution in [-0.4, -0.2) is 24.5 Å². The lowest BCUT2D eigenvalue weighted by Crippen LogP contribution is -2.32. The van der Waals surface area contributed by atoms with E-state index in [1.807, 2.05) is 6.08 Å². The van der Waals surface area contributed by atoms with E-state index in [-0.39, 0.29) is 0 Å². The lowest BCUT2D eigenvalue weighted by Gasteiger charge is -2.30. The van der Waals surface area contributed by atoms with Crippen LogP contribution in [0.5, 0.6) is 0 Å². The molecule has 0 aliphatic heterocycles. The average molecular weight is 235 g/mol. The van der Waals surface area contributed by atoms with Crippen molar-refractivity contribution in [3.63, 3.8) is 0 Å². The van der Waals surface area contributed by atoms with Gasteiger partial charge in [-0.15, -0.1) is 6.58 Å². The highest BCUT2D eigenvalue weighted by Crippen LogP contribution is 2.29. The highest BCUT2D eigenvalue weighted by atomic mass is 15.1. The van der Waals surface area contributed by atoms with Crippen LogP contribution in [0.4, 0.5) is 0 Å². The van der Waals surface area contributed by atoms with E-state index >= 15 is 0 Å². The Morgan fingerprint density at radius 2 is 2.18 bits per heavy atom. The van der Waals surface area contributed by atoms with E-state index in [1.54, 1.807) is 5.57 Å². The molecule has 0 saturated carbocycles. The molecule has 0 heterocycles. The van der Waals surface area contributed by atoms with Crippen molar-refractivity contribution >= 4 is 0 Å². The molecule has 98 valence electrons. The van der Waals surface area contributed by atoms with Crippen LogP contribution >= 0.6 is 0 Å². The van der Waals surface area contributed by atoms with Crippen LogP contribution in [0.25, 0.3) is 0 Å². The third-order valence-electron chi connectivity index (χ3n) is 3.59. The fourth-order valence-electron chi connectivity index (χ4n) is 2.79. The zero-order valence-corrected chi connectivity index (χ0v) is 12.1. The van der Waals surface area contributed by atoms with Crippen LogP contribution in [-0.2, 0) is 0 Å². The van der Waals surface area contributed by atoms with Crippen molar-refractivity contribution in [3.05, 3.63) is 24.3 Å². The van der Waals surface area contributed by atoms with Crippen LogP contribution in [0, 0.1) is 17.8 Å². The van der Waals surface area contributed by atoms with Gasteiger partial charge in [0.25, 0.3) is 0 Å². The van der Waals surface area contributed by atoms with Gasteiger partial charge in [0.1, 0.15) is 0 Å². The maximum absolute atomic E-state index is 3.87. The monoisotopic (exact) mass is 235 g/mol. The molecule has 1 aliphatic carbocycles. The second-order valence-corrected chi connectivity index (χ2v) is 6.13. The first kappa shape index (κ1) is 14.5. The number of allylic oxidation sites excluding steroid dienone is 1. The highest BCUT2D eigenvalue weighted by Gasteiger charge is 2.19. The van der Waals surface area contributed by atoms with Gasteiger partial charge in [0, 0.05) is 19.6 Å². The van der Waals surface area contributed by atoms with Crippen molar-refractivity contribution < 1.29 is 0 Å². The summed E-state index contributed by atoms with van der Waals surface area (Å²) < 4.78 is 0. The third kappa shape index (κ3) is 5.08. The first-order valence-corrected chi connectivity index (χ1v) is 7.05. The van der Waals surface area contributed by atoms with Crippen LogP contribution < -0.4 is 0 Å². The van der Waals surface area contributed by atoms with Gasteiger partial charge in [-0.3, -0.25) is 4.90 Å². The molecule has 1 rings (SSSR count). The number of rotatable bonds is 6. The lowest BCUT2D eigenvalue weighted by molar-refractivity contribution is 0.273. The largest absolute Gasteiger partial charge is 0.296 e. The minimum atomic E-state index is 0.730. The summed E-state index contributed by atoms with van der Waals surface area (Å²) in [5.74, 6) is 2.36. The van der Waals surface area contributed by atoms with Crippen molar-refractivity contribution in [2.45, 2.75) is 40.5 Å². The Balaban J connectivity index is 2.56. The van der Waals surface area contributed by atoms with Crippen molar-refractivity contribution in [3.8, 4) is 0 Å². The van der Waals surface area contributed by atoms with Crippen LogP contribution in [0.1, 0.15) is 40.5 Å². The summed E-state index contributed by atoms with van der Waals surface area (Å²) in [5, 5.41) is 0. The number of hydrogen-bond donors (Lipinski definition) is 0. The molecular formula is C16H29N. The maximum atomic E-state index is 3.87. The van der Waals surface area contributed by atoms with E-state index in [0.29, 0.717) is 0 Å². The van der Waals surface area contributed by atoms with Crippen LogP contribution in [0.15, 0.2) is 24.3 Å². The van der Waals surface area contributed by atoms with E-state index in [1.165, 1.54) is 19.4 Å². The van der Waals surface area contributed by atoms with E-state index < -0.39 is 0 Å². The fourth-order valence-corrected chi connectivity index (χ4v) is 2.79. The van der Waals surface area contributed by atoms with Gasteiger partial charge in [-0.05, 0) is 30.6 Å². The van der Waals surface area contributed by atoms with Gasteiger partial charge < -0.3 is 0 Å². The highest BCUT2D eigenvalue weighted by molar-refractivity contribution is 5.12. The van der Waals surface area contributed by atoms with Gasteiger partial charge in [-0.2, -0.15) is 0 Å². The molecule has 1 nitrogen and oxygen atoms in total. The molecule has 0 aromatic heterocycles. The Hall–Kier alpha value is -0.560. The lowest BCUT2D eigenvalue weighted by atomic mass is 9.83. The molecule has 2 unspecified atom stereocenters. The predicted molar refractivity (Wildman–Crippen MR) is 77.1 cm³/mol. The molecule has 0 bridgehead atoms. The molecule has 1 aliphatic rings. The molecule has 0 spiro atoms. The average Bonchev–Trinajstić information content (AvgIpc) is 2.21. The van der Waals surface area contributed by atoms with Crippen molar-refractivity contribution in [2.75, 3.05) is 19.6 Å². The van der Waals surface area contributed by atoms with Crippen molar-refractivity contribution in [1.82, 2.24) is 4.90 Å². The zero-order chi connectivity index (χ0) is 12.8. The van der Waals surface area contributed by atoms with Gasteiger partial charge in [-0.25, -0.2) is 0 Å². The van der Waals surface area contributed by atoms with Crippen LogP contribution in [0.3, 0.4) is 0 Å². The predicted octanol–water partition coefficient (Wildman–Crippen LogP) is 4.12. The summed E-state index contributed by atoms with van der Waals surface area (Å²) in [6, 6.07) is 0. The molecule has 0 aromatic rings. The zero-order valence-electron chi connectivity index (χ0n) is 12.1. The summed E-state index contributed by atoms with van der Waals surface area (Å²) in [4.78, 5) is 2.52. The van der Waals surface area contributed by atoms with Gasteiger partial charge in [0.15, 0.2) is 0 Å². The second kappa shape index (κ2) is 7.00. The summed E-state index contributed by atoms with van der Waals surface area (Å²) in [5.41, 5.74) is 1.64. The van der Waals surface area contributed by atoms with E-state index in [4.69, 9.17) is 0 Å². The van der Waals surface area contributed by atoms with Gasteiger partial charge in [0.2, 0.25) is 0 Å². The first-order chi connectivity index (χ1) is 8.02. The summed E-state index contributed by atoms with van der Waals surface area (Å²) in [6.45, 7) is 16.5. The topological polar surface area (TPSA) is 3.24 Å². The Bertz CT molecular complexity index is 265. The molecule has 17 heavy (non-hydrogen) atoms. The Morgan fingerprint density at radius 1 is 1.47 bits per heavy atom. The first-order valence-electron chi connectivity index (χ1n) is 7.05. The Morgan fingerprint density at radius 3 is 2.71 bits per heavy atom. The summed E-state index contributed by atoms with van der Waals surface area (Å²) in [7, 11) is 0. The molecule has 1 heteroatoms. The number of hydrogen-bond acceptors (Lipinski definition) is 1. The van der Waals surface area contributed by atoms with Crippen molar-refractivity contribution in [2.24, 2.45) is 17.8 Å². The molecular weight excluding hydrogens is 206 g/mol. The van der Waals surface area contributed by atoms with Gasteiger partial charge in [-0.1, -0.05) is 45.4 Å². The third-order valence-corrected chi connectivity index (χ3v) is 3.59. The standard InChI is InChI=1S/C16H29N/c1-6-9-17(11-13(2)3)12-16-8-7-14(4)10-15(16)5/h6,8,13-15H,1,7,9-12H2,2-5H3. The molecule has 0 saturated heterocycles. The molecule has 0 fully saturated rings. The molecule has 0 N–H and O–H groups in total. The van der Waals surface area contributed by atoms with Crippen LogP contribution in [0.2, 0.25) is 0 Å². The maximum Gasteiger partial charge on any atom is 0.0198 e. The van der Waals surface area contributed by atoms with E-state index in [0.717, 1.165) is 30.8 Å². The normalized spacial score (nSPS) is 25.2. The van der Waals surface area contributed by atoms with Gasteiger partial charge in [0.05, 0.1) is 0 Å². The molecule has 0 aromatic carbocycles. The minimum Gasteiger partial charge on any atom is -0.296 e. The minimum absolute atomic E-state index is 0.730. The van der Waals surface area contributed by atoms with E-state index in [9.17, 15) is 0 Å². The molecule has 0 amide bonds. The van der Waals surface area contributed by atoms with Crippen molar-refractivity contribution in [1.29, 1.82) is 0 Å². The Labute approximate surface area is 108 Å². The second-order valence-electron chi connectivity index (χ2n) is 6.13. The molecule has 2 atom stereocenters. The Kier molecular flexibility index (Phi) is 5.97. The summed E-state index contributed by atoms with van der Waals surface area (Å²) in [6.07, 6.45) is 7.13. The molecule has 0 radical (unpaired) electrons.